The van der Waals surface area contributed by atoms with Crippen LogP contribution in [0, 0.1) is 0 Å². The summed E-state index contributed by atoms with van der Waals surface area (Å²) in [7, 11) is 0. The van der Waals surface area contributed by atoms with Crippen LogP contribution in [0.1, 0.15) is 44.2 Å². The molecule has 1 N–H and O–H groups in total. The van der Waals surface area contributed by atoms with Crippen molar-refractivity contribution in [2.24, 2.45) is 0 Å². The largest absolute Gasteiger partial charge is 0.460 e. The van der Waals surface area contributed by atoms with Gasteiger partial charge in [-0.15, -0.1) is 0 Å². The molecule has 3 heteroatoms. The molecule has 19 heavy (non-hydrogen) atoms. The number of hydrogen-bond donors (Lipinski definition) is 1. The zero-order valence-electron chi connectivity index (χ0n) is 12.0. The Morgan fingerprint density at radius 2 is 2.11 bits per heavy atom. The molecule has 0 fully saturated rings. The van der Waals surface area contributed by atoms with E-state index in [0.717, 1.165) is 13.0 Å². The summed E-state index contributed by atoms with van der Waals surface area (Å²) in [6.45, 7) is 7.31. The van der Waals surface area contributed by atoms with Crippen LogP contribution in [-0.2, 0) is 16.0 Å². The van der Waals surface area contributed by atoms with Gasteiger partial charge in [0.05, 0.1) is 6.42 Å². The van der Waals surface area contributed by atoms with Gasteiger partial charge in [0.2, 0.25) is 0 Å². The van der Waals surface area contributed by atoms with Crippen LogP contribution in [0.5, 0.6) is 0 Å². The first-order chi connectivity index (χ1) is 8.96. The van der Waals surface area contributed by atoms with E-state index in [2.05, 4.69) is 29.6 Å². The van der Waals surface area contributed by atoms with Crippen molar-refractivity contribution in [1.82, 2.24) is 5.32 Å². The van der Waals surface area contributed by atoms with Crippen LogP contribution < -0.4 is 5.32 Å². The third kappa shape index (κ3) is 4.06. The first-order valence-electron chi connectivity index (χ1n) is 6.96. The first-order valence-corrected chi connectivity index (χ1v) is 6.96. The fourth-order valence-corrected chi connectivity index (χ4v) is 2.40. The van der Waals surface area contributed by atoms with Crippen molar-refractivity contribution in [2.45, 2.75) is 45.1 Å². The average Bonchev–Trinajstić information content (AvgIpc) is 2.27. The zero-order chi connectivity index (χ0) is 13.9. The molecule has 0 amide bonds. The molecule has 0 heterocycles. The predicted molar refractivity (Wildman–Crippen MR) is 76.2 cm³/mol. The molecule has 1 aliphatic carbocycles. The van der Waals surface area contributed by atoms with Crippen LogP contribution in [0.2, 0.25) is 0 Å². The van der Waals surface area contributed by atoms with Crippen molar-refractivity contribution in [3.05, 3.63) is 35.4 Å². The van der Waals surface area contributed by atoms with Gasteiger partial charge in [-0.05, 0) is 38.3 Å². The highest BCUT2D eigenvalue weighted by molar-refractivity contribution is 5.70. The van der Waals surface area contributed by atoms with E-state index < -0.39 is 0 Å². The smallest absolute Gasteiger partial charge is 0.307 e. The summed E-state index contributed by atoms with van der Waals surface area (Å²) in [4.78, 5) is 11.5. The number of fused-ring (bicyclic) bond motifs is 1. The molecule has 0 aliphatic heterocycles. The van der Waals surface area contributed by atoms with E-state index >= 15 is 0 Å². The third-order valence-corrected chi connectivity index (χ3v) is 3.28. The van der Waals surface area contributed by atoms with E-state index in [-0.39, 0.29) is 11.6 Å². The lowest BCUT2D eigenvalue weighted by atomic mass is 9.77. The summed E-state index contributed by atoms with van der Waals surface area (Å²) in [5, 5.41) is 3.34. The molecule has 3 nitrogen and oxygen atoms in total. The molecule has 0 aromatic heterocycles. The van der Waals surface area contributed by atoms with E-state index in [0.29, 0.717) is 18.9 Å². The lowest BCUT2D eigenvalue weighted by Gasteiger charge is -2.30. The summed E-state index contributed by atoms with van der Waals surface area (Å²) >= 11 is 0. The molecule has 1 aromatic rings. The van der Waals surface area contributed by atoms with Crippen molar-refractivity contribution in [3.63, 3.8) is 0 Å². The zero-order valence-corrected chi connectivity index (χ0v) is 12.0. The van der Waals surface area contributed by atoms with Crippen molar-refractivity contribution in [2.75, 3.05) is 13.1 Å². The van der Waals surface area contributed by atoms with Gasteiger partial charge in [0.15, 0.2) is 0 Å². The molecule has 0 saturated heterocycles. The summed E-state index contributed by atoms with van der Waals surface area (Å²) in [6, 6.07) is 8.56. The monoisotopic (exact) mass is 261 g/mol. The molecule has 0 spiro atoms. The number of hydrogen-bond acceptors (Lipinski definition) is 3. The quantitative estimate of drug-likeness (QED) is 0.654. The van der Waals surface area contributed by atoms with Crippen molar-refractivity contribution < 1.29 is 9.53 Å². The number of ether oxygens (including phenoxy) is 1. The van der Waals surface area contributed by atoms with Gasteiger partial charge in [-0.1, -0.05) is 24.3 Å². The normalized spacial score (nSPS) is 17.5. The Kier molecular flexibility index (Phi) is 4.25. The fraction of sp³-hybridized carbons (Fsp3) is 0.562. The van der Waals surface area contributed by atoms with Gasteiger partial charge in [0.1, 0.15) is 5.60 Å². The van der Waals surface area contributed by atoms with E-state index in [1.54, 1.807) is 0 Å². The van der Waals surface area contributed by atoms with Crippen LogP contribution in [-0.4, -0.2) is 24.7 Å². The van der Waals surface area contributed by atoms with Gasteiger partial charge in [-0.25, -0.2) is 0 Å². The summed E-state index contributed by atoms with van der Waals surface area (Å²) in [5.74, 6) is 0.476. The highest BCUT2D eigenvalue weighted by Gasteiger charge is 2.24. The minimum Gasteiger partial charge on any atom is -0.460 e. The van der Waals surface area contributed by atoms with Crippen LogP contribution in [0.4, 0.5) is 0 Å². The van der Waals surface area contributed by atoms with Gasteiger partial charge in [-0.3, -0.25) is 4.79 Å². The maximum Gasteiger partial charge on any atom is 0.307 e. The molecule has 0 saturated carbocycles. The first kappa shape index (κ1) is 14.1. The fourth-order valence-electron chi connectivity index (χ4n) is 2.40. The number of carbonyl (C=O) groups excluding carboxylic acids is 1. The SMILES string of the molecule is CC(C)(C)OC(=O)CCNCC1Cc2ccccc21. The topological polar surface area (TPSA) is 38.3 Å². The number of benzene rings is 1. The van der Waals surface area contributed by atoms with Crippen molar-refractivity contribution in [1.29, 1.82) is 0 Å². The molecule has 1 aliphatic rings. The maximum absolute atomic E-state index is 11.5. The third-order valence-electron chi connectivity index (χ3n) is 3.28. The average molecular weight is 261 g/mol. The molecule has 2 rings (SSSR count). The molecular weight excluding hydrogens is 238 g/mol. The van der Waals surface area contributed by atoms with Crippen LogP contribution >= 0.6 is 0 Å². The molecule has 0 radical (unpaired) electrons. The Balaban J connectivity index is 1.63. The molecule has 104 valence electrons. The highest BCUT2D eigenvalue weighted by atomic mass is 16.6. The summed E-state index contributed by atoms with van der Waals surface area (Å²) < 4.78 is 5.26. The Labute approximate surface area is 115 Å². The number of rotatable bonds is 5. The Hall–Kier alpha value is -1.35. The Morgan fingerprint density at radius 3 is 2.79 bits per heavy atom. The second-order valence-corrected chi connectivity index (χ2v) is 6.14. The van der Waals surface area contributed by atoms with E-state index in [4.69, 9.17) is 4.74 Å². The molecule has 1 unspecified atom stereocenters. The predicted octanol–water partition coefficient (Wildman–Crippen LogP) is 2.65. The standard InChI is InChI=1S/C16H23NO2/c1-16(2,3)19-15(18)8-9-17-11-13-10-12-6-4-5-7-14(12)13/h4-7,13,17H,8-11H2,1-3H3. The summed E-state index contributed by atoms with van der Waals surface area (Å²) in [6.07, 6.45) is 1.58. The molecule has 0 bridgehead atoms. The molecule has 1 atom stereocenters. The minimum atomic E-state index is -0.385. The molecule has 1 aromatic carbocycles. The van der Waals surface area contributed by atoms with E-state index in [1.807, 2.05) is 20.8 Å². The number of esters is 1. The van der Waals surface area contributed by atoms with Gasteiger partial charge in [0.25, 0.3) is 0 Å². The summed E-state index contributed by atoms with van der Waals surface area (Å²) in [5.41, 5.74) is 2.53. The molecular formula is C16H23NO2. The minimum absolute atomic E-state index is 0.131. The Bertz CT molecular complexity index is 448. The van der Waals surface area contributed by atoms with Gasteiger partial charge >= 0.3 is 5.97 Å². The van der Waals surface area contributed by atoms with Gasteiger partial charge in [0, 0.05) is 19.0 Å². The number of nitrogens with one attached hydrogen (secondary N) is 1. The second-order valence-electron chi connectivity index (χ2n) is 6.14. The van der Waals surface area contributed by atoms with Gasteiger partial charge in [-0.2, -0.15) is 0 Å². The van der Waals surface area contributed by atoms with Crippen LogP contribution in [0.3, 0.4) is 0 Å². The Morgan fingerprint density at radius 1 is 1.37 bits per heavy atom. The van der Waals surface area contributed by atoms with E-state index in [9.17, 15) is 4.79 Å². The highest BCUT2D eigenvalue weighted by Crippen LogP contribution is 2.33. The van der Waals surface area contributed by atoms with Crippen LogP contribution in [0.25, 0.3) is 0 Å². The second kappa shape index (κ2) is 5.74. The van der Waals surface area contributed by atoms with Gasteiger partial charge < -0.3 is 10.1 Å². The van der Waals surface area contributed by atoms with E-state index in [1.165, 1.54) is 11.1 Å². The lowest BCUT2D eigenvalue weighted by molar-refractivity contribution is -0.154. The number of carbonyl (C=O) groups is 1. The van der Waals surface area contributed by atoms with Crippen molar-refractivity contribution in [3.8, 4) is 0 Å². The van der Waals surface area contributed by atoms with Crippen LogP contribution in [0.15, 0.2) is 24.3 Å². The maximum atomic E-state index is 11.5. The van der Waals surface area contributed by atoms with Crippen molar-refractivity contribution >= 4 is 5.97 Å². The lowest BCUT2D eigenvalue weighted by Crippen LogP contribution is -2.31.